The number of fused-ring (bicyclic) bond motifs is 1. The number of ether oxygens (including phenoxy) is 1. The van der Waals surface area contributed by atoms with Crippen LogP contribution in [0.25, 0.3) is 0 Å². The summed E-state index contributed by atoms with van der Waals surface area (Å²) in [5.41, 5.74) is 1.89. The first-order chi connectivity index (χ1) is 8.41. The second-order valence-electron chi connectivity index (χ2n) is 4.49. The number of likely N-dealkylation sites (N-methyl/N-ethyl adjacent to an activating group) is 1. The van der Waals surface area contributed by atoms with Crippen molar-refractivity contribution in [3.05, 3.63) is 29.3 Å². The molecule has 0 amide bonds. The first kappa shape index (κ1) is 13.5. The Bertz CT molecular complexity index is 544. The van der Waals surface area contributed by atoms with E-state index in [1.807, 2.05) is 7.05 Å². The van der Waals surface area contributed by atoms with Crippen LogP contribution in [0.2, 0.25) is 0 Å². The van der Waals surface area contributed by atoms with Crippen LogP contribution in [0.4, 0.5) is 3.89 Å². The predicted molar refractivity (Wildman–Crippen MR) is 65.6 cm³/mol. The molecule has 0 radical (unpaired) electrons. The lowest BCUT2D eigenvalue weighted by Gasteiger charge is -2.23. The quantitative estimate of drug-likeness (QED) is 0.763. The third-order valence-corrected chi connectivity index (χ3v) is 4.17. The average Bonchev–Trinajstić information content (AvgIpc) is 2.47. The van der Waals surface area contributed by atoms with Crippen molar-refractivity contribution in [1.82, 2.24) is 4.90 Å². The van der Waals surface area contributed by atoms with Gasteiger partial charge < -0.3 is 4.74 Å². The molecule has 1 aliphatic heterocycles. The molecule has 0 aliphatic carbocycles. The largest absolute Gasteiger partial charge is 0.366 e. The van der Waals surface area contributed by atoms with Crippen LogP contribution in [-0.2, 0) is 27.8 Å². The van der Waals surface area contributed by atoms with Gasteiger partial charge in [0.2, 0.25) is 0 Å². The van der Waals surface area contributed by atoms with Gasteiger partial charge in [-0.05, 0) is 36.7 Å². The van der Waals surface area contributed by atoms with Crippen LogP contribution in [0.3, 0.4) is 0 Å². The van der Waals surface area contributed by atoms with E-state index in [0.717, 1.165) is 17.7 Å². The van der Waals surface area contributed by atoms with Crippen LogP contribution in [0.1, 0.15) is 11.1 Å². The highest BCUT2D eigenvalue weighted by Crippen LogP contribution is 2.23. The normalized spacial score (nSPS) is 21.4. The van der Waals surface area contributed by atoms with Gasteiger partial charge in [-0.1, -0.05) is 6.07 Å². The smallest absolute Gasteiger partial charge is 0.332 e. The summed E-state index contributed by atoms with van der Waals surface area (Å²) >= 11 is 0. The minimum Gasteiger partial charge on any atom is -0.366 e. The fourth-order valence-corrected chi connectivity index (χ4v) is 2.75. The van der Waals surface area contributed by atoms with Gasteiger partial charge in [-0.15, -0.1) is 3.89 Å². The highest BCUT2D eigenvalue weighted by molar-refractivity contribution is 7.86. The number of methoxy groups -OCH3 is 1. The molecule has 1 atom stereocenters. The molecular weight excluding hydrogens is 257 g/mol. The minimum absolute atomic E-state index is 0.0286. The second kappa shape index (κ2) is 4.95. The molecule has 1 unspecified atom stereocenters. The van der Waals surface area contributed by atoms with Crippen molar-refractivity contribution in [3.8, 4) is 0 Å². The molecule has 0 aromatic heterocycles. The average molecular weight is 273 g/mol. The van der Waals surface area contributed by atoms with Gasteiger partial charge in [0.1, 0.15) is 6.23 Å². The van der Waals surface area contributed by atoms with Crippen LogP contribution in [0.15, 0.2) is 23.1 Å². The zero-order chi connectivity index (χ0) is 13.3. The first-order valence-corrected chi connectivity index (χ1v) is 7.09. The van der Waals surface area contributed by atoms with E-state index in [-0.39, 0.29) is 11.1 Å². The zero-order valence-corrected chi connectivity index (χ0v) is 11.2. The molecule has 2 rings (SSSR count). The predicted octanol–water partition coefficient (Wildman–Crippen LogP) is 1.35. The molecule has 0 N–H and O–H groups in total. The highest BCUT2D eigenvalue weighted by Gasteiger charge is 2.22. The Labute approximate surface area is 107 Å². The van der Waals surface area contributed by atoms with Crippen molar-refractivity contribution in [1.29, 1.82) is 0 Å². The number of hydrogen-bond acceptors (Lipinski definition) is 4. The van der Waals surface area contributed by atoms with Gasteiger partial charge in [-0.3, -0.25) is 4.90 Å². The summed E-state index contributed by atoms with van der Waals surface area (Å²) in [4.78, 5) is 1.80. The maximum absolute atomic E-state index is 12.9. The van der Waals surface area contributed by atoms with E-state index >= 15 is 0 Å². The summed E-state index contributed by atoms with van der Waals surface area (Å²) in [6.45, 7) is 0.751. The Balaban J connectivity index is 2.39. The molecule has 1 aromatic carbocycles. The van der Waals surface area contributed by atoms with Gasteiger partial charge in [0.05, 0.1) is 4.90 Å². The number of rotatable bonds is 2. The maximum Gasteiger partial charge on any atom is 0.332 e. The second-order valence-corrected chi connectivity index (χ2v) is 5.84. The molecule has 0 fully saturated rings. The van der Waals surface area contributed by atoms with E-state index in [9.17, 15) is 12.3 Å². The Morgan fingerprint density at radius 3 is 2.72 bits per heavy atom. The lowest BCUT2D eigenvalue weighted by atomic mass is 10.0. The molecule has 1 heterocycles. The van der Waals surface area contributed by atoms with Crippen LogP contribution < -0.4 is 0 Å². The summed E-state index contributed by atoms with van der Waals surface area (Å²) in [6.07, 6.45) is 1.34. The summed E-state index contributed by atoms with van der Waals surface area (Å²) < 4.78 is 40.1. The molecule has 1 aliphatic rings. The number of benzene rings is 1. The summed E-state index contributed by atoms with van der Waals surface area (Å²) in [7, 11) is -1.03. The van der Waals surface area contributed by atoms with E-state index in [1.54, 1.807) is 13.2 Å². The lowest BCUT2D eigenvalue weighted by molar-refractivity contribution is -0.0133. The Morgan fingerprint density at radius 2 is 2.11 bits per heavy atom. The van der Waals surface area contributed by atoms with Gasteiger partial charge >= 0.3 is 10.2 Å². The number of hydrogen-bond donors (Lipinski definition) is 0. The van der Waals surface area contributed by atoms with Gasteiger partial charge in [0.25, 0.3) is 0 Å². The van der Waals surface area contributed by atoms with Crippen LogP contribution >= 0.6 is 0 Å². The summed E-state index contributed by atoms with van der Waals surface area (Å²) in [6, 6.07) is 4.41. The molecule has 0 spiro atoms. The van der Waals surface area contributed by atoms with Crippen LogP contribution in [-0.4, -0.2) is 40.2 Å². The first-order valence-electron chi connectivity index (χ1n) is 5.71. The van der Waals surface area contributed by atoms with E-state index in [0.29, 0.717) is 12.8 Å². The van der Waals surface area contributed by atoms with Crippen molar-refractivity contribution in [2.75, 3.05) is 20.7 Å². The van der Waals surface area contributed by atoms with E-state index in [1.165, 1.54) is 12.1 Å². The molecule has 6 heteroatoms. The topological polar surface area (TPSA) is 46.6 Å². The monoisotopic (exact) mass is 273 g/mol. The van der Waals surface area contributed by atoms with Gasteiger partial charge in [-0.2, -0.15) is 8.42 Å². The van der Waals surface area contributed by atoms with Crippen molar-refractivity contribution >= 4 is 10.2 Å². The molecule has 1 aromatic rings. The molecule has 18 heavy (non-hydrogen) atoms. The Kier molecular flexibility index (Phi) is 3.70. The number of nitrogens with zero attached hydrogens (tertiary/aromatic N) is 1. The fraction of sp³-hybridized carbons (Fsp3) is 0.500. The molecule has 0 saturated heterocycles. The molecular formula is C12H16FNO3S. The summed E-state index contributed by atoms with van der Waals surface area (Å²) in [5, 5.41) is 0. The van der Waals surface area contributed by atoms with Gasteiger partial charge in [0, 0.05) is 20.1 Å². The van der Waals surface area contributed by atoms with Crippen LogP contribution in [0.5, 0.6) is 0 Å². The van der Waals surface area contributed by atoms with Crippen LogP contribution in [0, 0.1) is 0 Å². The van der Waals surface area contributed by atoms with Gasteiger partial charge in [-0.25, -0.2) is 0 Å². The Morgan fingerprint density at radius 1 is 1.39 bits per heavy atom. The van der Waals surface area contributed by atoms with Crippen molar-refractivity contribution in [2.45, 2.75) is 24.0 Å². The maximum atomic E-state index is 12.9. The minimum atomic E-state index is -4.63. The molecule has 0 saturated carbocycles. The standard InChI is InChI=1S/C12H16FNO3S/c1-14-6-5-10-7-11(18(13,15)16)4-3-9(10)8-12(14)17-2/h3-4,7,12H,5-6,8H2,1-2H3. The van der Waals surface area contributed by atoms with Crippen molar-refractivity contribution in [3.63, 3.8) is 0 Å². The number of halogens is 1. The van der Waals surface area contributed by atoms with E-state index in [4.69, 9.17) is 4.74 Å². The molecule has 0 bridgehead atoms. The SMILES string of the molecule is COC1Cc2ccc(S(=O)(=O)F)cc2CCN1C. The van der Waals surface area contributed by atoms with Crippen molar-refractivity contribution < 1.29 is 17.0 Å². The molecule has 100 valence electrons. The van der Waals surface area contributed by atoms with Crippen molar-refractivity contribution in [2.24, 2.45) is 0 Å². The summed E-state index contributed by atoms with van der Waals surface area (Å²) in [5.74, 6) is 0. The van der Waals surface area contributed by atoms with E-state index < -0.39 is 10.2 Å². The fourth-order valence-electron chi connectivity index (χ4n) is 2.23. The molecule has 4 nitrogen and oxygen atoms in total. The third kappa shape index (κ3) is 2.71. The highest BCUT2D eigenvalue weighted by atomic mass is 32.3. The zero-order valence-electron chi connectivity index (χ0n) is 10.4. The lowest BCUT2D eigenvalue weighted by Crippen LogP contribution is -2.34. The third-order valence-electron chi connectivity index (χ3n) is 3.35. The van der Waals surface area contributed by atoms with E-state index in [2.05, 4.69) is 4.90 Å². The Hall–Kier alpha value is -0.980. The van der Waals surface area contributed by atoms with Gasteiger partial charge in [0.15, 0.2) is 0 Å².